The molecule has 4 N–H and O–H groups in total. The van der Waals surface area contributed by atoms with Crippen LogP contribution in [0.2, 0.25) is 0 Å². The second-order valence-corrected chi connectivity index (χ2v) is 3.93. The Morgan fingerprint density at radius 3 is 2.50 bits per heavy atom. The minimum atomic E-state index is -1.35. The Balaban J connectivity index is 2.57. The number of carbonyl (C=O) groups is 3. The van der Waals surface area contributed by atoms with Gasteiger partial charge >= 0.3 is 18.0 Å². The number of anilines is 1. The van der Waals surface area contributed by atoms with Crippen LogP contribution in [0.1, 0.15) is 12.8 Å². The van der Waals surface area contributed by atoms with E-state index in [1.165, 1.54) is 18.2 Å². The fraction of sp³-hybridized carbons (Fsp3) is 0.250. The number of aliphatic carboxylic acids is 2. The van der Waals surface area contributed by atoms with E-state index in [0.29, 0.717) is 0 Å². The molecule has 0 saturated heterocycles. The van der Waals surface area contributed by atoms with Crippen molar-refractivity contribution >= 4 is 23.7 Å². The summed E-state index contributed by atoms with van der Waals surface area (Å²) in [5, 5.41) is 21.7. The van der Waals surface area contributed by atoms with E-state index in [1.54, 1.807) is 0 Å². The van der Waals surface area contributed by atoms with Gasteiger partial charge in [0.1, 0.15) is 11.9 Å². The molecule has 0 spiro atoms. The Labute approximate surface area is 113 Å². The van der Waals surface area contributed by atoms with Gasteiger partial charge in [0.15, 0.2) is 0 Å². The topological polar surface area (TPSA) is 116 Å². The molecule has 0 bridgehead atoms. The monoisotopic (exact) mass is 284 g/mol. The lowest BCUT2D eigenvalue weighted by Gasteiger charge is -2.14. The first-order valence-electron chi connectivity index (χ1n) is 5.66. The molecule has 1 atom stereocenters. The molecule has 8 heteroatoms. The Morgan fingerprint density at radius 1 is 1.25 bits per heavy atom. The summed E-state index contributed by atoms with van der Waals surface area (Å²) in [4.78, 5) is 32.8. The molecule has 0 heterocycles. The van der Waals surface area contributed by atoms with E-state index in [2.05, 4.69) is 10.6 Å². The largest absolute Gasteiger partial charge is 0.481 e. The molecule has 1 aromatic rings. The van der Waals surface area contributed by atoms with Crippen molar-refractivity contribution in [1.29, 1.82) is 0 Å². The van der Waals surface area contributed by atoms with Gasteiger partial charge < -0.3 is 20.8 Å². The van der Waals surface area contributed by atoms with E-state index >= 15 is 0 Å². The highest BCUT2D eigenvalue weighted by atomic mass is 19.1. The van der Waals surface area contributed by atoms with Crippen molar-refractivity contribution in [3.8, 4) is 0 Å². The smallest absolute Gasteiger partial charge is 0.326 e. The molecule has 0 saturated carbocycles. The third kappa shape index (κ3) is 5.34. The van der Waals surface area contributed by atoms with Crippen LogP contribution in [0.25, 0.3) is 0 Å². The predicted molar refractivity (Wildman–Crippen MR) is 66.8 cm³/mol. The maximum absolute atomic E-state index is 12.9. The molecule has 20 heavy (non-hydrogen) atoms. The van der Waals surface area contributed by atoms with Gasteiger partial charge in [0.25, 0.3) is 0 Å². The number of hydrogen-bond acceptors (Lipinski definition) is 3. The van der Waals surface area contributed by atoms with Gasteiger partial charge in [-0.1, -0.05) is 6.07 Å². The third-order valence-electron chi connectivity index (χ3n) is 2.33. The first kappa shape index (κ1) is 15.4. The van der Waals surface area contributed by atoms with E-state index in [0.717, 1.165) is 6.07 Å². The van der Waals surface area contributed by atoms with Crippen LogP contribution in [0.4, 0.5) is 14.9 Å². The molecular formula is C12H13FN2O5. The maximum Gasteiger partial charge on any atom is 0.326 e. The lowest BCUT2D eigenvalue weighted by molar-refractivity contribution is -0.140. The van der Waals surface area contributed by atoms with Gasteiger partial charge in [-0.05, 0) is 24.6 Å². The molecule has 0 aromatic heterocycles. The zero-order valence-electron chi connectivity index (χ0n) is 10.3. The van der Waals surface area contributed by atoms with E-state index in [4.69, 9.17) is 10.2 Å². The molecule has 0 aliphatic rings. The average Bonchev–Trinajstić information content (AvgIpc) is 2.33. The summed E-state index contributed by atoms with van der Waals surface area (Å²) >= 11 is 0. The zero-order valence-corrected chi connectivity index (χ0v) is 10.3. The van der Waals surface area contributed by atoms with Gasteiger partial charge in [0, 0.05) is 12.1 Å². The number of carbonyl (C=O) groups excluding carboxylic acids is 1. The van der Waals surface area contributed by atoms with Gasteiger partial charge in [-0.3, -0.25) is 4.79 Å². The second-order valence-electron chi connectivity index (χ2n) is 3.93. The fourth-order valence-corrected chi connectivity index (χ4v) is 1.42. The summed E-state index contributed by atoms with van der Waals surface area (Å²) in [6.45, 7) is 0. The fourth-order valence-electron chi connectivity index (χ4n) is 1.42. The Kier molecular flexibility index (Phi) is 5.45. The van der Waals surface area contributed by atoms with E-state index in [-0.39, 0.29) is 12.1 Å². The number of carboxylic acids is 2. The van der Waals surface area contributed by atoms with Gasteiger partial charge in [-0.2, -0.15) is 0 Å². The molecule has 2 amide bonds. The first-order valence-corrected chi connectivity index (χ1v) is 5.66. The van der Waals surface area contributed by atoms with Crippen LogP contribution in [0.5, 0.6) is 0 Å². The van der Waals surface area contributed by atoms with Crippen molar-refractivity contribution in [3.63, 3.8) is 0 Å². The highest BCUT2D eigenvalue weighted by Crippen LogP contribution is 2.09. The van der Waals surface area contributed by atoms with Gasteiger partial charge in [0.2, 0.25) is 0 Å². The quantitative estimate of drug-likeness (QED) is 0.627. The van der Waals surface area contributed by atoms with E-state index in [1.807, 2.05) is 0 Å². The standard InChI is InChI=1S/C12H13FN2O5/c13-7-2-1-3-8(6-7)14-12(20)15-9(11(18)19)4-5-10(16)17/h1-3,6,9H,4-5H2,(H,16,17)(H,18,19)(H2,14,15,20)/t9-/m0/s1. The summed E-state index contributed by atoms with van der Waals surface area (Å²) in [6.07, 6.45) is -0.640. The number of carboxylic acid groups (broad SMARTS) is 2. The van der Waals surface area contributed by atoms with E-state index in [9.17, 15) is 18.8 Å². The molecule has 108 valence electrons. The first-order chi connectivity index (χ1) is 9.38. The van der Waals surface area contributed by atoms with Crippen LogP contribution < -0.4 is 10.6 Å². The molecule has 1 aromatic carbocycles. The van der Waals surface area contributed by atoms with Crippen molar-refractivity contribution in [2.75, 3.05) is 5.32 Å². The molecular weight excluding hydrogens is 271 g/mol. The number of nitrogens with one attached hydrogen (secondary N) is 2. The Morgan fingerprint density at radius 2 is 1.95 bits per heavy atom. The third-order valence-corrected chi connectivity index (χ3v) is 2.33. The number of hydrogen-bond donors (Lipinski definition) is 4. The summed E-state index contributed by atoms with van der Waals surface area (Å²) in [5.74, 6) is -3.06. The zero-order chi connectivity index (χ0) is 15.1. The van der Waals surface area contributed by atoms with Crippen LogP contribution in [0.15, 0.2) is 24.3 Å². The SMILES string of the molecule is O=C(O)CC[C@H](NC(=O)Nc1cccc(F)c1)C(=O)O. The summed E-state index contributed by atoms with van der Waals surface area (Å²) in [6, 6.07) is 2.87. The molecule has 1 rings (SSSR count). The normalized spacial score (nSPS) is 11.4. The Bertz CT molecular complexity index is 520. The van der Waals surface area contributed by atoms with Gasteiger partial charge in [-0.25, -0.2) is 14.0 Å². The number of halogens is 1. The number of benzene rings is 1. The summed E-state index contributed by atoms with van der Waals surface area (Å²) in [5.41, 5.74) is 0.157. The van der Waals surface area contributed by atoms with Crippen LogP contribution in [0.3, 0.4) is 0 Å². The van der Waals surface area contributed by atoms with Crippen LogP contribution in [0, 0.1) is 5.82 Å². The Hall–Kier alpha value is -2.64. The molecule has 0 fully saturated rings. The summed E-state index contributed by atoms with van der Waals surface area (Å²) < 4.78 is 12.9. The lowest BCUT2D eigenvalue weighted by atomic mass is 10.1. The molecule has 0 unspecified atom stereocenters. The minimum Gasteiger partial charge on any atom is -0.481 e. The number of rotatable bonds is 6. The second kappa shape index (κ2) is 7.07. The van der Waals surface area contributed by atoms with Crippen LogP contribution in [-0.4, -0.2) is 34.2 Å². The molecule has 7 nitrogen and oxygen atoms in total. The van der Waals surface area contributed by atoms with Crippen molar-refractivity contribution in [2.45, 2.75) is 18.9 Å². The molecule has 0 aliphatic heterocycles. The lowest BCUT2D eigenvalue weighted by Crippen LogP contribution is -2.43. The molecule has 0 radical (unpaired) electrons. The van der Waals surface area contributed by atoms with Crippen LogP contribution in [-0.2, 0) is 9.59 Å². The predicted octanol–water partition coefficient (Wildman–Crippen LogP) is 1.27. The van der Waals surface area contributed by atoms with Crippen molar-refractivity contribution in [3.05, 3.63) is 30.1 Å². The highest BCUT2D eigenvalue weighted by Gasteiger charge is 2.20. The molecule has 0 aliphatic carbocycles. The number of amides is 2. The van der Waals surface area contributed by atoms with Gasteiger partial charge in [0.05, 0.1) is 0 Å². The average molecular weight is 284 g/mol. The van der Waals surface area contributed by atoms with Crippen molar-refractivity contribution in [2.24, 2.45) is 0 Å². The van der Waals surface area contributed by atoms with Gasteiger partial charge in [-0.15, -0.1) is 0 Å². The van der Waals surface area contributed by atoms with Crippen molar-refractivity contribution < 1.29 is 29.0 Å². The van der Waals surface area contributed by atoms with Crippen molar-refractivity contribution in [1.82, 2.24) is 5.32 Å². The summed E-state index contributed by atoms with van der Waals surface area (Å²) in [7, 11) is 0. The highest BCUT2D eigenvalue weighted by molar-refractivity contribution is 5.92. The van der Waals surface area contributed by atoms with E-state index < -0.39 is 36.2 Å². The minimum absolute atomic E-state index is 0.157. The van der Waals surface area contributed by atoms with Crippen LogP contribution >= 0.6 is 0 Å². The maximum atomic E-state index is 12.9. The number of urea groups is 1.